The number of rotatable bonds is 47. The van der Waals surface area contributed by atoms with Gasteiger partial charge in [0.1, 0.15) is 0 Å². The average molecular weight is 818 g/mol. The van der Waals surface area contributed by atoms with Crippen molar-refractivity contribution in [3.8, 4) is 0 Å². The highest BCUT2D eigenvalue weighted by Gasteiger charge is 2.20. The number of carbonyl (C=O) groups excluding carboxylic acids is 2. The predicted octanol–water partition coefficient (Wildman–Crippen LogP) is 15.1. The minimum Gasteiger partial charge on any atom is -0.466 e. The molecule has 58 heavy (non-hydrogen) atoms. The Hall–Kier alpha value is -1.66. The van der Waals surface area contributed by atoms with Crippen molar-refractivity contribution in [3.63, 3.8) is 0 Å². The van der Waals surface area contributed by atoms with Crippen LogP contribution >= 0.6 is 0 Å². The molecule has 0 saturated carbocycles. The van der Waals surface area contributed by atoms with Crippen LogP contribution in [0.25, 0.3) is 0 Å². The fourth-order valence-corrected chi connectivity index (χ4v) is 7.74. The number of allylic oxidation sites excluding steroid dienone is 4. The topological polar surface area (TPSA) is 95.9 Å². The molecule has 0 aromatic heterocycles. The van der Waals surface area contributed by atoms with Gasteiger partial charge in [0.25, 0.3) is 0 Å². The van der Waals surface area contributed by atoms with Gasteiger partial charge in [0.05, 0.1) is 25.4 Å². The first-order valence-electron chi connectivity index (χ1n) is 25.6. The highest BCUT2D eigenvalue weighted by Crippen LogP contribution is 2.16. The van der Waals surface area contributed by atoms with Gasteiger partial charge in [-0.3, -0.25) is 9.59 Å². The lowest BCUT2D eigenvalue weighted by Gasteiger charge is -2.22. The second kappa shape index (κ2) is 48.0. The molecule has 2 unspecified atom stereocenters. The molecule has 0 aliphatic rings. The van der Waals surface area contributed by atoms with Gasteiger partial charge in [-0.2, -0.15) is 0 Å². The summed E-state index contributed by atoms with van der Waals surface area (Å²) in [5.41, 5.74) is 0. The Balaban J connectivity index is 3.52. The third kappa shape index (κ3) is 43.9. The lowest BCUT2D eigenvalue weighted by Crippen LogP contribution is -2.45. The van der Waals surface area contributed by atoms with Crippen LogP contribution in [0.3, 0.4) is 0 Å². The van der Waals surface area contributed by atoms with Crippen molar-refractivity contribution in [1.82, 2.24) is 5.32 Å². The van der Waals surface area contributed by atoms with Crippen molar-refractivity contribution in [2.45, 2.75) is 283 Å². The van der Waals surface area contributed by atoms with Crippen LogP contribution in [0.5, 0.6) is 0 Å². The number of carbonyl (C=O) groups is 2. The molecule has 0 radical (unpaired) electrons. The molecule has 0 fully saturated rings. The minimum absolute atomic E-state index is 0.0321. The molecule has 342 valence electrons. The number of aliphatic hydroxyl groups is 2. The maximum atomic E-state index is 12.4. The van der Waals surface area contributed by atoms with Crippen LogP contribution in [-0.4, -0.2) is 47.4 Å². The summed E-state index contributed by atoms with van der Waals surface area (Å²) >= 11 is 0. The number of hydrogen-bond acceptors (Lipinski definition) is 5. The zero-order chi connectivity index (χ0) is 42.3. The maximum absolute atomic E-state index is 12.4. The smallest absolute Gasteiger partial charge is 0.305 e. The van der Waals surface area contributed by atoms with Gasteiger partial charge in [0, 0.05) is 12.8 Å². The molecule has 0 spiro atoms. The number of unbranched alkanes of at least 4 members (excludes halogenated alkanes) is 32. The van der Waals surface area contributed by atoms with E-state index in [0.29, 0.717) is 25.9 Å². The minimum atomic E-state index is -0.680. The van der Waals surface area contributed by atoms with E-state index in [2.05, 4.69) is 43.5 Å². The van der Waals surface area contributed by atoms with Crippen LogP contribution in [0, 0.1) is 0 Å². The number of amides is 1. The Bertz CT molecular complexity index is 904. The van der Waals surface area contributed by atoms with E-state index in [1.54, 1.807) is 0 Å². The largest absolute Gasteiger partial charge is 0.466 e. The van der Waals surface area contributed by atoms with Crippen molar-refractivity contribution < 1.29 is 24.5 Å². The SMILES string of the molecule is CCCCCC/C=C\CCCCCCCC(=O)OCCCCC/C=C\CCCCCCCC(=O)NC(CO)C(O)CCCCCCCCCCCCCCCCCC. The molecule has 0 aromatic rings. The molecular weight excluding hydrogens is 719 g/mol. The third-order valence-electron chi connectivity index (χ3n) is 11.7. The normalized spacial score (nSPS) is 12.8. The Morgan fingerprint density at radius 2 is 0.810 bits per heavy atom. The quantitative estimate of drug-likeness (QED) is 0.0323. The van der Waals surface area contributed by atoms with Gasteiger partial charge in [-0.1, -0.05) is 199 Å². The van der Waals surface area contributed by atoms with E-state index in [1.807, 2.05) is 0 Å². The average Bonchev–Trinajstić information content (AvgIpc) is 3.22. The van der Waals surface area contributed by atoms with E-state index in [9.17, 15) is 19.8 Å². The molecule has 0 aromatic carbocycles. The van der Waals surface area contributed by atoms with Gasteiger partial charge in [-0.15, -0.1) is 0 Å². The summed E-state index contributed by atoms with van der Waals surface area (Å²) in [6.45, 7) is 4.87. The fraction of sp³-hybridized carbons (Fsp3) is 0.885. The Labute approximate surface area is 361 Å². The number of ether oxygens (including phenoxy) is 1. The molecular formula is C52H99NO5. The molecule has 2 atom stereocenters. The van der Waals surface area contributed by atoms with Crippen molar-refractivity contribution in [1.29, 1.82) is 0 Å². The first-order chi connectivity index (χ1) is 28.5. The van der Waals surface area contributed by atoms with Gasteiger partial charge >= 0.3 is 5.97 Å². The summed E-state index contributed by atoms with van der Waals surface area (Å²) in [7, 11) is 0. The number of aliphatic hydroxyl groups excluding tert-OH is 2. The highest BCUT2D eigenvalue weighted by molar-refractivity contribution is 5.76. The van der Waals surface area contributed by atoms with E-state index < -0.39 is 12.1 Å². The number of esters is 1. The molecule has 1 amide bonds. The zero-order valence-electron chi connectivity index (χ0n) is 38.8. The molecule has 6 heteroatoms. The van der Waals surface area contributed by atoms with E-state index in [-0.39, 0.29) is 18.5 Å². The molecule has 0 saturated heterocycles. The van der Waals surface area contributed by atoms with Gasteiger partial charge in [0.2, 0.25) is 5.91 Å². The lowest BCUT2D eigenvalue weighted by molar-refractivity contribution is -0.143. The summed E-state index contributed by atoms with van der Waals surface area (Å²) in [5.74, 6) is -0.0927. The van der Waals surface area contributed by atoms with Crippen LogP contribution in [0.2, 0.25) is 0 Å². The van der Waals surface area contributed by atoms with Gasteiger partial charge in [0.15, 0.2) is 0 Å². The first-order valence-corrected chi connectivity index (χ1v) is 25.6. The maximum Gasteiger partial charge on any atom is 0.305 e. The summed E-state index contributed by atoms with van der Waals surface area (Å²) < 4.78 is 5.43. The van der Waals surface area contributed by atoms with Crippen LogP contribution in [0.1, 0.15) is 271 Å². The van der Waals surface area contributed by atoms with Gasteiger partial charge in [-0.25, -0.2) is 0 Å². The standard InChI is InChI=1S/C52H99NO5/c1-3-5-7-9-11-13-15-17-18-19-21-24-28-32-36-40-44-50(55)49(48-54)53-51(56)45-41-37-33-29-25-22-23-27-31-35-39-43-47-58-52(57)46-42-38-34-30-26-20-16-14-12-10-8-6-4-2/h14,16,23,27,49-50,54-55H,3-13,15,17-22,24-26,28-48H2,1-2H3,(H,53,56)/b16-14-,27-23-. The molecule has 0 rings (SSSR count). The van der Waals surface area contributed by atoms with Crippen LogP contribution in [0.4, 0.5) is 0 Å². The Morgan fingerprint density at radius 3 is 1.24 bits per heavy atom. The second-order valence-electron chi connectivity index (χ2n) is 17.5. The summed E-state index contributed by atoms with van der Waals surface area (Å²) in [4.78, 5) is 24.4. The first kappa shape index (κ1) is 56.3. The molecule has 0 aliphatic heterocycles. The van der Waals surface area contributed by atoms with Crippen LogP contribution in [0.15, 0.2) is 24.3 Å². The number of hydrogen-bond donors (Lipinski definition) is 3. The predicted molar refractivity (Wildman–Crippen MR) is 250 cm³/mol. The summed E-state index contributed by atoms with van der Waals surface area (Å²) in [6.07, 6.45) is 55.7. The van der Waals surface area contributed by atoms with E-state index >= 15 is 0 Å². The Kier molecular flexibility index (Phi) is 46.6. The fourth-order valence-electron chi connectivity index (χ4n) is 7.74. The van der Waals surface area contributed by atoms with Gasteiger partial charge in [-0.05, 0) is 83.5 Å². The van der Waals surface area contributed by atoms with E-state index in [4.69, 9.17) is 4.74 Å². The lowest BCUT2D eigenvalue weighted by atomic mass is 10.0. The molecule has 0 bridgehead atoms. The Morgan fingerprint density at radius 1 is 0.466 bits per heavy atom. The second-order valence-corrected chi connectivity index (χ2v) is 17.5. The monoisotopic (exact) mass is 818 g/mol. The molecule has 3 N–H and O–H groups in total. The van der Waals surface area contributed by atoms with Gasteiger partial charge < -0.3 is 20.3 Å². The van der Waals surface area contributed by atoms with E-state index in [0.717, 1.165) is 77.0 Å². The number of nitrogens with one attached hydrogen (secondary N) is 1. The highest BCUT2D eigenvalue weighted by atomic mass is 16.5. The molecule has 0 heterocycles. The van der Waals surface area contributed by atoms with Crippen molar-refractivity contribution in [2.24, 2.45) is 0 Å². The summed E-state index contributed by atoms with van der Waals surface area (Å²) in [5, 5.41) is 23.2. The van der Waals surface area contributed by atoms with Crippen LogP contribution < -0.4 is 5.32 Å². The van der Waals surface area contributed by atoms with Crippen molar-refractivity contribution in [3.05, 3.63) is 24.3 Å². The van der Waals surface area contributed by atoms with E-state index in [1.165, 1.54) is 161 Å². The molecule has 6 nitrogen and oxygen atoms in total. The van der Waals surface area contributed by atoms with Crippen molar-refractivity contribution >= 4 is 11.9 Å². The van der Waals surface area contributed by atoms with Crippen LogP contribution in [-0.2, 0) is 14.3 Å². The summed E-state index contributed by atoms with van der Waals surface area (Å²) in [6, 6.07) is -0.560. The van der Waals surface area contributed by atoms with Crippen molar-refractivity contribution in [2.75, 3.05) is 13.2 Å². The zero-order valence-corrected chi connectivity index (χ0v) is 38.8. The molecule has 0 aliphatic carbocycles. The third-order valence-corrected chi connectivity index (χ3v) is 11.7.